The number of pyridine rings is 1. The Morgan fingerprint density at radius 2 is 1.79 bits per heavy atom. The molecule has 0 aliphatic rings. The number of nitrogens with one attached hydrogen (secondary N) is 1. The molecule has 2 amide bonds. The van der Waals surface area contributed by atoms with Gasteiger partial charge in [0.25, 0.3) is 5.91 Å². The van der Waals surface area contributed by atoms with Gasteiger partial charge >= 0.3 is 6.09 Å². The van der Waals surface area contributed by atoms with Crippen molar-refractivity contribution in [1.29, 1.82) is 0 Å². The van der Waals surface area contributed by atoms with Crippen LogP contribution in [0, 0.1) is 0 Å². The Bertz CT molecular complexity index is 1070. The minimum Gasteiger partial charge on any atom is -0.441 e. The number of rotatable bonds is 8. The summed E-state index contributed by atoms with van der Waals surface area (Å²) in [7, 11) is 0. The van der Waals surface area contributed by atoms with Crippen molar-refractivity contribution in [2.24, 2.45) is 0 Å². The van der Waals surface area contributed by atoms with Crippen LogP contribution >= 0.6 is 0 Å². The topological polar surface area (TPSA) is 118 Å². The van der Waals surface area contributed by atoms with Gasteiger partial charge in [-0.2, -0.15) is 0 Å². The number of aliphatic hydroxyl groups is 1. The van der Waals surface area contributed by atoms with Gasteiger partial charge in [-0.3, -0.25) is 14.7 Å². The van der Waals surface area contributed by atoms with Gasteiger partial charge in [0.1, 0.15) is 6.10 Å². The van der Waals surface area contributed by atoms with Crippen molar-refractivity contribution in [1.82, 2.24) is 9.88 Å². The maximum Gasteiger partial charge on any atom is 0.410 e. The van der Waals surface area contributed by atoms with E-state index in [2.05, 4.69) is 10.3 Å². The fraction of sp³-hybridized carbons (Fsp3) is 0.240. The number of benzene rings is 2. The first-order valence-electron chi connectivity index (χ1n) is 10.6. The number of ether oxygens (including phenoxy) is 1. The molecule has 2 aromatic carbocycles. The largest absolute Gasteiger partial charge is 0.441 e. The van der Waals surface area contributed by atoms with Crippen LogP contribution in [0.25, 0.3) is 0 Å². The van der Waals surface area contributed by atoms with Crippen molar-refractivity contribution in [2.75, 3.05) is 24.2 Å². The summed E-state index contributed by atoms with van der Waals surface area (Å²) in [5.41, 5.74) is 8.92. The van der Waals surface area contributed by atoms with Crippen molar-refractivity contribution in [3.63, 3.8) is 0 Å². The number of aliphatic hydroxyl groups excluding tert-OH is 1. The van der Waals surface area contributed by atoms with E-state index in [0.717, 1.165) is 11.1 Å². The minimum absolute atomic E-state index is 0.128. The van der Waals surface area contributed by atoms with Crippen LogP contribution in [-0.2, 0) is 4.74 Å². The van der Waals surface area contributed by atoms with Crippen molar-refractivity contribution in [3.8, 4) is 0 Å². The summed E-state index contributed by atoms with van der Waals surface area (Å²) in [5, 5.41) is 12.2. The Balaban J connectivity index is 1.65. The van der Waals surface area contributed by atoms with Crippen LogP contribution in [0.1, 0.15) is 47.5 Å². The van der Waals surface area contributed by atoms with Crippen LogP contribution in [0.3, 0.4) is 0 Å². The second-order valence-corrected chi connectivity index (χ2v) is 7.57. The number of aromatic nitrogens is 1. The first-order valence-corrected chi connectivity index (χ1v) is 10.6. The van der Waals surface area contributed by atoms with Gasteiger partial charge in [0.05, 0.1) is 24.0 Å². The first kappa shape index (κ1) is 23.7. The molecule has 0 spiro atoms. The normalized spacial score (nSPS) is 12.5. The third-order valence-corrected chi connectivity index (χ3v) is 5.34. The number of anilines is 2. The Kier molecular flexibility index (Phi) is 7.99. The highest BCUT2D eigenvalue weighted by molar-refractivity contribution is 6.05. The first-order chi connectivity index (χ1) is 15.9. The van der Waals surface area contributed by atoms with Crippen LogP contribution in [-0.4, -0.2) is 40.1 Å². The number of carbonyl (C=O) groups is 2. The van der Waals surface area contributed by atoms with Gasteiger partial charge in [-0.05, 0) is 55.3 Å². The van der Waals surface area contributed by atoms with Crippen LogP contribution in [0.4, 0.5) is 16.2 Å². The molecule has 8 nitrogen and oxygen atoms in total. The van der Waals surface area contributed by atoms with E-state index in [0.29, 0.717) is 16.9 Å². The van der Waals surface area contributed by atoms with Crippen molar-refractivity contribution >= 4 is 23.4 Å². The predicted molar refractivity (Wildman–Crippen MR) is 127 cm³/mol. The monoisotopic (exact) mass is 448 g/mol. The van der Waals surface area contributed by atoms with Crippen LogP contribution < -0.4 is 11.1 Å². The predicted octanol–water partition coefficient (Wildman–Crippen LogP) is 4.17. The highest BCUT2D eigenvalue weighted by atomic mass is 16.6. The summed E-state index contributed by atoms with van der Waals surface area (Å²) in [6, 6.07) is 17.2. The quantitative estimate of drug-likeness (QED) is 0.445. The number of para-hydroxylation sites is 2. The number of nitrogens with zero attached hydrogens (tertiary/aromatic N) is 2. The molecule has 0 saturated heterocycles. The van der Waals surface area contributed by atoms with Crippen LogP contribution in [0.2, 0.25) is 0 Å². The fourth-order valence-electron chi connectivity index (χ4n) is 3.35. The molecule has 172 valence electrons. The van der Waals surface area contributed by atoms with E-state index >= 15 is 0 Å². The third-order valence-electron chi connectivity index (χ3n) is 5.34. The molecule has 0 bridgehead atoms. The molecule has 0 aliphatic carbocycles. The lowest BCUT2D eigenvalue weighted by Crippen LogP contribution is -2.36. The molecule has 4 N–H and O–H groups in total. The lowest BCUT2D eigenvalue weighted by molar-refractivity contribution is 0.0523. The highest BCUT2D eigenvalue weighted by Gasteiger charge is 2.24. The fourth-order valence-corrected chi connectivity index (χ4v) is 3.35. The van der Waals surface area contributed by atoms with E-state index in [1.165, 1.54) is 4.90 Å². The Hall–Kier alpha value is -3.91. The minimum atomic E-state index is -0.554. The van der Waals surface area contributed by atoms with E-state index < -0.39 is 12.2 Å². The average Bonchev–Trinajstić information content (AvgIpc) is 2.84. The molecule has 33 heavy (non-hydrogen) atoms. The Morgan fingerprint density at radius 3 is 2.42 bits per heavy atom. The number of nitrogen functional groups attached to an aromatic ring is 1. The second-order valence-electron chi connectivity index (χ2n) is 7.57. The maximum atomic E-state index is 12.8. The zero-order chi connectivity index (χ0) is 23.8. The van der Waals surface area contributed by atoms with E-state index in [9.17, 15) is 14.7 Å². The Labute approximate surface area is 193 Å². The van der Waals surface area contributed by atoms with E-state index in [4.69, 9.17) is 10.5 Å². The number of nitrogens with two attached hydrogens (primary N) is 1. The van der Waals surface area contributed by atoms with E-state index in [1.54, 1.807) is 73.9 Å². The van der Waals surface area contributed by atoms with Crippen LogP contribution in [0.5, 0.6) is 0 Å². The van der Waals surface area contributed by atoms with Gasteiger partial charge < -0.3 is 20.9 Å². The van der Waals surface area contributed by atoms with E-state index in [-0.39, 0.29) is 25.1 Å². The third kappa shape index (κ3) is 6.08. The number of amides is 2. The van der Waals surface area contributed by atoms with Crippen LogP contribution in [0.15, 0.2) is 73.1 Å². The molecule has 1 aromatic heterocycles. The van der Waals surface area contributed by atoms with Gasteiger partial charge in [-0.1, -0.05) is 30.3 Å². The number of hydrogen-bond acceptors (Lipinski definition) is 6. The smallest absolute Gasteiger partial charge is 0.410 e. The summed E-state index contributed by atoms with van der Waals surface area (Å²) >= 11 is 0. The molecule has 0 unspecified atom stereocenters. The summed E-state index contributed by atoms with van der Waals surface area (Å²) in [6.07, 6.45) is 2.24. The molecular weight excluding hydrogens is 420 g/mol. The van der Waals surface area contributed by atoms with Crippen molar-refractivity contribution in [2.45, 2.75) is 26.0 Å². The van der Waals surface area contributed by atoms with Gasteiger partial charge in [0.15, 0.2) is 0 Å². The molecule has 1 heterocycles. The number of hydrogen-bond donors (Lipinski definition) is 3. The summed E-state index contributed by atoms with van der Waals surface area (Å²) in [6.45, 7) is 3.54. The zero-order valence-corrected chi connectivity index (χ0v) is 18.6. The van der Waals surface area contributed by atoms with Gasteiger partial charge in [-0.25, -0.2) is 4.79 Å². The lowest BCUT2D eigenvalue weighted by atomic mass is 10.1. The molecule has 0 saturated carbocycles. The maximum absolute atomic E-state index is 12.8. The van der Waals surface area contributed by atoms with Gasteiger partial charge in [0.2, 0.25) is 0 Å². The molecular formula is C25H28N4O4. The Morgan fingerprint density at radius 1 is 1.06 bits per heavy atom. The molecule has 3 aromatic rings. The molecule has 8 heteroatoms. The average molecular weight is 449 g/mol. The molecule has 3 rings (SSSR count). The number of carbonyl (C=O) groups excluding carboxylic acids is 2. The summed E-state index contributed by atoms with van der Waals surface area (Å²) < 4.78 is 5.64. The zero-order valence-electron chi connectivity index (χ0n) is 18.6. The summed E-state index contributed by atoms with van der Waals surface area (Å²) in [4.78, 5) is 30.9. The second kappa shape index (κ2) is 11.1. The summed E-state index contributed by atoms with van der Waals surface area (Å²) in [5.74, 6) is -0.288. The van der Waals surface area contributed by atoms with Crippen molar-refractivity contribution < 1.29 is 19.4 Å². The molecule has 0 radical (unpaired) electrons. The lowest BCUT2D eigenvalue weighted by Gasteiger charge is -2.29. The van der Waals surface area contributed by atoms with E-state index in [1.807, 2.05) is 13.0 Å². The molecule has 0 fully saturated rings. The van der Waals surface area contributed by atoms with Gasteiger partial charge in [0, 0.05) is 24.5 Å². The molecule has 0 aliphatic heterocycles. The SMILES string of the molecule is C[C@@H](OC(=O)N(CCO)[C@@H](C)c1cccnc1)c1ccc(C(=O)Nc2ccccc2N)cc1. The molecule has 2 atom stereocenters. The highest BCUT2D eigenvalue weighted by Crippen LogP contribution is 2.24. The standard InChI is InChI=1S/C25H28N4O4/c1-17(21-6-5-13-27-16-21)29(14-15-30)25(32)33-18(2)19-9-11-20(12-10-19)24(31)28-23-8-4-3-7-22(23)26/h3-13,16-18,30H,14-15,26H2,1-2H3,(H,28,31)/t17-,18+/m0/s1. The van der Waals surface area contributed by atoms with Crippen molar-refractivity contribution in [3.05, 3.63) is 89.7 Å². The van der Waals surface area contributed by atoms with Gasteiger partial charge in [-0.15, -0.1) is 0 Å².